The van der Waals surface area contributed by atoms with Crippen LogP contribution in [0.5, 0.6) is 0 Å². The summed E-state index contributed by atoms with van der Waals surface area (Å²) < 4.78 is 40.6. The second kappa shape index (κ2) is 8.45. The van der Waals surface area contributed by atoms with Gasteiger partial charge in [-0.15, -0.1) is 0 Å². The third-order valence-electron chi connectivity index (χ3n) is 5.31. The molecule has 30 heavy (non-hydrogen) atoms. The Kier molecular flexibility index (Phi) is 6.14. The lowest BCUT2D eigenvalue weighted by Gasteiger charge is -2.18. The van der Waals surface area contributed by atoms with Gasteiger partial charge in [0.05, 0.1) is 6.04 Å². The first-order chi connectivity index (χ1) is 14.1. The molecule has 0 aliphatic rings. The Morgan fingerprint density at radius 2 is 1.73 bits per heavy atom. The van der Waals surface area contributed by atoms with Crippen molar-refractivity contribution in [3.05, 3.63) is 64.6 Å². The summed E-state index contributed by atoms with van der Waals surface area (Å²) in [7, 11) is 0. The summed E-state index contributed by atoms with van der Waals surface area (Å²) in [6.07, 6.45) is -2.93. The highest BCUT2D eigenvalue weighted by atomic mass is 19.4. The van der Waals surface area contributed by atoms with Gasteiger partial charge >= 0.3 is 6.18 Å². The SMILES string of the molecule is CCC(C)c1ccc(C(CC)NC(=O)c2cc3nc(C)cc(C(F)(F)F)n3n2)cc1. The third-order valence-corrected chi connectivity index (χ3v) is 5.31. The summed E-state index contributed by atoms with van der Waals surface area (Å²) in [5.74, 6) is -0.0883. The Morgan fingerprint density at radius 3 is 2.30 bits per heavy atom. The van der Waals surface area contributed by atoms with Crippen molar-refractivity contribution < 1.29 is 18.0 Å². The summed E-state index contributed by atoms with van der Waals surface area (Å²) in [6.45, 7) is 7.69. The molecule has 3 rings (SSSR count). The highest BCUT2D eigenvalue weighted by Crippen LogP contribution is 2.30. The molecular formula is C22H25F3N4O. The molecule has 5 nitrogen and oxygen atoms in total. The first-order valence-electron chi connectivity index (χ1n) is 9.99. The molecule has 0 saturated carbocycles. The number of halogens is 3. The quantitative estimate of drug-likeness (QED) is 0.579. The van der Waals surface area contributed by atoms with Crippen molar-refractivity contribution in [2.24, 2.45) is 0 Å². The van der Waals surface area contributed by atoms with Crippen LogP contribution in [-0.2, 0) is 6.18 Å². The van der Waals surface area contributed by atoms with Crippen molar-refractivity contribution in [2.75, 3.05) is 0 Å². The average Bonchev–Trinajstić information content (AvgIpc) is 3.14. The van der Waals surface area contributed by atoms with Crippen molar-refractivity contribution in [3.8, 4) is 0 Å². The van der Waals surface area contributed by atoms with Gasteiger partial charge in [-0.05, 0) is 42.9 Å². The Bertz CT molecular complexity index is 1040. The molecule has 160 valence electrons. The summed E-state index contributed by atoms with van der Waals surface area (Å²) in [5, 5.41) is 6.74. The summed E-state index contributed by atoms with van der Waals surface area (Å²) in [6, 6.07) is 9.96. The van der Waals surface area contributed by atoms with E-state index >= 15 is 0 Å². The molecule has 1 aromatic carbocycles. The van der Waals surface area contributed by atoms with Crippen molar-refractivity contribution in [2.45, 2.75) is 58.7 Å². The Morgan fingerprint density at radius 1 is 1.10 bits per heavy atom. The van der Waals surface area contributed by atoms with Crippen LogP contribution in [0.25, 0.3) is 5.65 Å². The second-order valence-electron chi connectivity index (χ2n) is 7.49. The maximum absolute atomic E-state index is 13.3. The van der Waals surface area contributed by atoms with Gasteiger partial charge in [0, 0.05) is 11.8 Å². The molecule has 2 aromatic heterocycles. The number of rotatable bonds is 6. The molecule has 0 saturated heterocycles. The number of hydrogen-bond acceptors (Lipinski definition) is 3. The number of alkyl halides is 3. The lowest BCUT2D eigenvalue weighted by atomic mass is 9.95. The first kappa shape index (κ1) is 21.8. The largest absolute Gasteiger partial charge is 0.433 e. The minimum atomic E-state index is -4.60. The standard InChI is InChI=1S/C22H25F3N4O/c1-5-13(3)15-7-9-16(10-8-15)17(6-2)27-21(30)18-12-20-26-14(4)11-19(22(23,24)25)29(20)28-18/h7-13,17H,5-6H2,1-4H3,(H,27,30). The molecule has 0 spiro atoms. The third kappa shape index (κ3) is 4.47. The van der Waals surface area contributed by atoms with E-state index in [2.05, 4.69) is 29.2 Å². The van der Waals surface area contributed by atoms with E-state index < -0.39 is 17.8 Å². The number of amides is 1. The number of fused-ring (bicyclic) bond motifs is 1. The lowest BCUT2D eigenvalue weighted by Crippen LogP contribution is -2.28. The Hall–Kier alpha value is -2.90. The molecule has 1 amide bonds. The van der Waals surface area contributed by atoms with E-state index in [0.717, 1.165) is 18.1 Å². The predicted molar refractivity (Wildman–Crippen MR) is 108 cm³/mol. The van der Waals surface area contributed by atoms with E-state index in [1.165, 1.54) is 18.6 Å². The molecule has 2 unspecified atom stereocenters. The lowest BCUT2D eigenvalue weighted by molar-refractivity contribution is -0.142. The molecule has 0 aliphatic heterocycles. The van der Waals surface area contributed by atoms with Crippen LogP contribution in [0, 0.1) is 6.92 Å². The smallest absolute Gasteiger partial charge is 0.344 e. The van der Waals surface area contributed by atoms with Crippen LogP contribution in [-0.4, -0.2) is 20.5 Å². The van der Waals surface area contributed by atoms with E-state index in [-0.39, 0.29) is 23.1 Å². The zero-order chi connectivity index (χ0) is 22.1. The maximum atomic E-state index is 13.3. The van der Waals surface area contributed by atoms with Crippen molar-refractivity contribution in [1.82, 2.24) is 19.9 Å². The summed E-state index contributed by atoms with van der Waals surface area (Å²) >= 11 is 0. The molecule has 2 heterocycles. The fraction of sp³-hybridized carbons (Fsp3) is 0.409. The minimum Gasteiger partial charge on any atom is -0.344 e. The zero-order valence-electron chi connectivity index (χ0n) is 17.4. The van der Waals surface area contributed by atoms with E-state index in [0.29, 0.717) is 16.9 Å². The monoisotopic (exact) mass is 418 g/mol. The fourth-order valence-electron chi connectivity index (χ4n) is 3.36. The molecule has 0 radical (unpaired) electrons. The number of benzene rings is 1. The van der Waals surface area contributed by atoms with Crippen LogP contribution >= 0.6 is 0 Å². The highest BCUT2D eigenvalue weighted by Gasteiger charge is 2.35. The number of hydrogen-bond donors (Lipinski definition) is 1. The van der Waals surface area contributed by atoms with Gasteiger partial charge in [0.15, 0.2) is 11.3 Å². The highest BCUT2D eigenvalue weighted by molar-refractivity contribution is 5.93. The molecule has 2 atom stereocenters. The van der Waals surface area contributed by atoms with Crippen LogP contribution in [0.2, 0.25) is 0 Å². The fourth-order valence-corrected chi connectivity index (χ4v) is 3.36. The number of nitrogens with zero attached hydrogens (tertiary/aromatic N) is 3. The van der Waals surface area contributed by atoms with Gasteiger partial charge < -0.3 is 5.32 Å². The number of carbonyl (C=O) groups is 1. The van der Waals surface area contributed by atoms with E-state index in [9.17, 15) is 18.0 Å². The molecule has 0 aliphatic carbocycles. The van der Waals surface area contributed by atoms with E-state index in [4.69, 9.17) is 0 Å². The first-order valence-corrected chi connectivity index (χ1v) is 9.99. The predicted octanol–water partition coefficient (Wildman–Crippen LogP) is 5.45. The van der Waals surface area contributed by atoms with Gasteiger partial charge in [-0.2, -0.15) is 18.3 Å². The average molecular weight is 418 g/mol. The van der Waals surface area contributed by atoms with Gasteiger partial charge in [0.25, 0.3) is 5.91 Å². The van der Waals surface area contributed by atoms with E-state index in [1.807, 2.05) is 31.2 Å². The topological polar surface area (TPSA) is 59.3 Å². The number of aryl methyl sites for hydroxylation is 1. The molecule has 1 N–H and O–H groups in total. The van der Waals surface area contributed by atoms with Crippen molar-refractivity contribution >= 4 is 11.6 Å². The maximum Gasteiger partial charge on any atom is 0.433 e. The van der Waals surface area contributed by atoms with Gasteiger partial charge in [0.1, 0.15) is 5.69 Å². The van der Waals surface area contributed by atoms with Gasteiger partial charge in [-0.25, -0.2) is 9.50 Å². The molecular weight excluding hydrogens is 393 g/mol. The van der Waals surface area contributed by atoms with E-state index in [1.54, 1.807) is 0 Å². The number of carbonyl (C=O) groups excluding carboxylic acids is 1. The van der Waals surface area contributed by atoms with Crippen LogP contribution in [0.3, 0.4) is 0 Å². The van der Waals surface area contributed by atoms with Crippen molar-refractivity contribution in [3.63, 3.8) is 0 Å². The van der Waals surface area contributed by atoms with Crippen molar-refractivity contribution in [1.29, 1.82) is 0 Å². The van der Waals surface area contributed by atoms with Gasteiger partial charge in [-0.3, -0.25) is 4.79 Å². The van der Waals surface area contributed by atoms with Crippen LogP contribution < -0.4 is 5.32 Å². The van der Waals surface area contributed by atoms with Crippen LogP contribution in [0.4, 0.5) is 13.2 Å². The Balaban J connectivity index is 1.86. The summed E-state index contributed by atoms with van der Waals surface area (Å²) in [5.41, 5.74) is 1.29. The second-order valence-corrected chi connectivity index (χ2v) is 7.49. The van der Waals surface area contributed by atoms with Crippen LogP contribution in [0.1, 0.15) is 78.6 Å². The minimum absolute atomic E-state index is 0.0153. The zero-order valence-corrected chi connectivity index (χ0v) is 17.4. The normalized spacial score (nSPS) is 14.0. The Labute approximate surface area is 173 Å². The molecule has 3 aromatic rings. The van der Waals surface area contributed by atoms with Gasteiger partial charge in [-0.1, -0.05) is 45.0 Å². The number of aromatic nitrogens is 3. The van der Waals surface area contributed by atoms with Crippen LogP contribution in [0.15, 0.2) is 36.4 Å². The molecule has 0 fully saturated rings. The molecule has 0 bridgehead atoms. The molecule has 8 heteroatoms. The number of nitrogens with one attached hydrogen (secondary N) is 1. The van der Waals surface area contributed by atoms with Gasteiger partial charge in [0.2, 0.25) is 0 Å². The summed E-state index contributed by atoms with van der Waals surface area (Å²) in [4.78, 5) is 16.8.